The second-order valence-electron chi connectivity index (χ2n) is 6.30. The van der Waals surface area contributed by atoms with Crippen molar-refractivity contribution in [2.75, 3.05) is 5.73 Å². The van der Waals surface area contributed by atoms with Gasteiger partial charge in [-0.1, -0.05) is 12.1 Å². The second kappa shape index (κ2) is 5.56. The topological polar surface area (TPSA) is 102 Å². The predicted octanol–water partition coefficient (Wildman–Crippen LogP) is 3.67. The Balaban J connectivity index is 0.00000180. The summed E-state index contributed by atoms with van der Waals surface area (Å²) in [5.41, 5.74) is 7.17. The summed E-state index contributed by atoms with van der Waals surface area (Å²) in [6, 6.07) is 14.4. The van der Waals surface area contributed by atoms with Crippen LogP contribution in [0.4, 0.5) is 5.69 Å². The summed E-state index contributed by atoms with van der Waals surface area (Å²) in [6.45, 7) is 0. The number of aromatic hydroxyl groups is 2. The molecule has 0 aromatic heterocycles. The molecular weight excluding hydrogens is 370 g/mol. The van der Waals surface area contributed by atoms with E-state index in [1.54, 1.807) is 30.3 Å². The van der Waals surface area contributed by atoms with E-state index in [1.165, 1.54) is 24.3 Å². The molecule has 6 nitrogen and oxygen atoms in total. The van der Waals surface area contributed by atoms with Crippen LogP contribution in [0.25, 0.3) is 0 Å². The zero-order valence-electron chi connectivity index (χ0n) is 13.8. The molecule has 5 rings (SSSR count). The molecule has 0 aliphatic carbocycles. The van der Waals surface area contributed by atoms with Crippen LogP contribution in [0, 0.1) is 0 Å². The third-order valence-electron chi connectivity index (χ3n) is 4.83. The Bertz CT molecular complexity index is 1060. The minimum absolute atomic E-state index is 0. The van der Waals surface area contributed by atoms with Gasteiger partial charge in [0.2, 0.25) is 0 Å². The predicted molar refractivity (Wildman–Crippen MR) is 99.7 cm³/mol. The van der Waals surface area contributed by atoms with Gasteiger partial charge in [-0.3, -0.25) is 0 Å². The van der Waals surface area contributed by atoms with Gasteiger partial charge >= 0.3 is 5.97 Å². The number of phenolic OH excluding ortho intramolecular Hbond substituents is 2. The van der Waals surface area contributed by atoms with Gasteiger partial charge in [0.05, 0.1) is 5.56 Å². The summed E-state index contributed by atoms with van der Waals surface area (Å²) in [6.07, 6.45) is 0. The molecule has 2 aliphatic heterocycles. The zero-order chi connectivity index (χ0) is 18.1. The van der Waals surface area contributed by atoms with Gasteiger partial charge in [0.15, 0.2) is 5.60 Å². The lowest BCUT2D eigenvalue weighted by atomic mass is 9.77. The highest BCUT2D eigenvalue weighted by atomic mass is 35.5. The fourth-order valence-electron chi connectivity index (χ4n) is 3.77. The lowest BCUT2D eigenvalue weighted by Crippen LogP contribution is -2.32. The molecule has 136 valence electrons. The molecule has 7 heteroatoms. The highest BCUT2D eigenvalue weighted by molar-refractivity contribution is 6.01. The van der Waals surface area contributed by atoms with Crippen molar-refractivity contribution in [3.63, 3.8) is 0 Å². The first kappa shape index (κ1) is 17.1. The largest absolute Gasteiger partial charge is 0.508 e. The van der Waals surface area contributed by atoms with Gasteiger partial charge < -0.3 is 25.4 Å². The van der Waals surface area contributed by atoms with Crippen LogP contribution in [0.2, 0.25) is 0 Å². The summed E-state index contributed by atoms with van der Waals surface area (Å²) in [4.78, 5) is 12.7. The molecule has 0 amide bonds. The molecule has 2 aliphatic rings. The Hall–Kier alpha value is -3.38. The van der Waals surface area contributed by atoms with Crippen molar-refractivity contribution in [1.82, 2.24) is 0 Å². The Morgan fingerprint density at radius 1 is 0.852 bits per heavy atom. The number of nitrogen functional groups attached to an aromatic ring is 1. The molecule has 2 heterocycles. The summed E-state index contributed by atoms with van der Waals surface area (Å²) < 4.78 is 11.8. The van der Waals surface area contributed by atoms with Crippen molar-refractivity contribution < 1.29 is 24.5 Å². The number of phenols is 2. The van der Waals surface area contributed by atoms with Crippen LogP contribution in [0.5, 0.6) is 23.0 Å². The third-order valence-corrected chi connectivity index (χ3v) is 4.83. The number of halogens is 1. The van der Waals surface area contributed by atoms with E-state index in [4.69, 9.17) is 15.2 Å². The van der Waals surface area contributed by atoms with Gasteiger partial charge in [-0.05, 0) is 30.3 Å². The third kappa shape index (κ3) is 2.10. The first-order chi connectivity index (χ1) is 12.5. The number of hydrogen-bond donors (Lipinski definition) is 3. The molecule has 0 saturated heterocycles. The molecule has 0 radical (unpaired) electrons. The maximum atomic E-state index is 12.7. The van der Waals surface area contributed by atoms with Gasteiger partial charge in [0, 0.05) is 34.5 Å². The SMILES string of the molecule is Cl.Nc1cccc2c1C(=O)OC21c2ccc(O)cc2Oc2cc(O)ccc21. The van der Waals surface area contributed by atoms with Gasteiger partial charge in [-0.25, -0.2) is 4.79 Å². The molecule has 4 N–H and O–H groups in total. The molecule has 0 atom stereocenters. The van der Waals surface area contributed by atoms with Crippen molar-refractivity contribution in [2.24, 2.45) is 0 Å². The number of ether oxygens (including phenoxy) is 2. The summed E-state index contributed by atoms with van der Waals surface area (Å²) >= 11 is 0. The fraction of sp³-hybridized carbons (Fsp3) is 0.0500. The van der Waals surface area contributed by atoms with Crippen LogP contribution in [0.1, 0.15) is 27.0 Å². The van der Waals surface area contributed by atoms with Crippen LogP contribution >= 0.6 is 12.4 Å². The zero-order valence-corrected chi connectivity index (χ0v) is 14.6. The highest BCUT2D eigenvalue weighted by Crippen LogP contribution is 2.57. The Morgan fingerprint density at radius 2 is 1.44 bits per heavy atom. The average Bonchev–Trinajstić information content (AvgIpc) is 2.89. The van der Waals surface area contributed by atoms with Crippen molar-refractivity contribution in [1.29, 1.82) is 0 Å². The van der Waals surface area contributed by atoms with Crippen molar-refractivity contribution >= 4 is 24.1 Å². The van der Waals surface area contributed by atoms with Crippen molar-refractivity contribution in [2.45, 2.75) is 5.60 Å². The van der Waals surface area contributed by atoms with E-state index in [-0.39, 0.29) is 23.9 Å². The number of rotatable bonds is 0. The van der Waals surface area contributed by atoms with Gasteiger partial charge in [-0.2, -0.15) is 0 Å². The first-order valence-electron chi connectivity index (χ1n) is 7.98. The molecule has 0 unspecified atom stereocenters. The molecule has 0 fully saturated rings. The minimum atomic E-state index is -1.26. The van der Waals surface area contributed by atoms with Crippen LogP contribution in [-0.4, -0.2) is 16.2 Å². The number of fused-ring (bicyclic) bond motifs is 6. The normalized spacial score (nSPS) is 15.0. The number of anilines is 1. The fourth-order valence-corrected chi connectivity index (χ4v) is 3.77. The quantitative estimate of drug-likeness (QED) is 0.404. The maximum Gasteiger partial charge on any atom is 0.342 e. The lowest BCUT2D eigenvalue weighted by molar-refractivity contribution is 0.0224. The van der Waals surface area contributed by atoms with Crippen LogP contribution in [0.3, 0.4) is 0 Å². The minimum Gasteiger partial charge on any atom is -0.508 e. The molecule has 27 heavy (non-hydrogen) atoms. The number of carbonyl (C=O) groups is 1. The molecule has 0 bridgehead atoms. The van der Waals surface area contributed by atoms with Crippen LogP contribution in [0.15, 0.2) is 54.6 Å². The number of carbonyl (C=O) groups excluding carboxylic acids is 1. The van der Waals surface area contributed by atoms with Crippen LogP contribution < -0.4 is 10.5 Å². The second-order valence-corrected chi connectivity index (χ2v) is 6.30. The van der Waals surface area contributed by atoms with Crippen molar-refractivity contribution in [3.05, 3.63) is 76.9 Å². The number of benzene rings is 3. The number of nitrogens with two attached hydrogens (primary N) is 1. The molecule has 1 spiro atoms. The summed E-state index contributed by atoms with van der Waals surface area (Å²) in [5, 5.41) is 19.7. The standard InChI is InChI=1S/C20H13NO5.ClH/c21-15-3-1-2-14-18(15)19(24)26-20(14)12-6-4-10(22)8-16(12)25-17-9-11(23)5-7-13(17)20;/h1-9,22-23H,21H2;1H. The van der Waals surface area contributed by atoms with E-state index >= 15 is 0 Å². The average molecular weight is 384 g/mol. The smallest absolute Gasteiger partial charge is 0.342 e. The lowest BCUT2D eigenvalue weighted by Gasteiger charge is -2.36. The Morgan fingerprint density at radius 3 is 2.04 bits per heavy atom. The van der Waals surface area contributed by atoms with E-state index in [1.807, 2.05) is 0 Å². The van der Waals surface area contributed by atoms with Crippen molar-refractivity contribution in [3.8, 4) is 23.0 Å². The van der Waals surface area contributed by atoms with E-state index in [9.17, 15) is 15.0 Å². The maximum absolute atomic E-state index is 12.7. The van der Waals surface area contributed by atoms with E-state index in [2.05, 4.69) is 0 Å². The molecular formula is C20H14ClNO5. The van der Waals surface area contributed by atoms with E-state index in [0.717, 1.165) is 0 Å². The monoisotopic (exact) mass is 383 g/mol. The Kier molecular flexibility index (Phi) is 3.51. The Labute approximate surface area is 160 Å². The highest BCUT2D eigenvalue weighted by Gasteiger charge is 2.54. The molecule has 0 saturated carbocycles. The first-order valence-corrected chi connectivity index (χ1v) is 7.98. The van der Waals surface area contributed by atoms with Gasteiger partial charge in [0.1, 0.15) is 23.0 Å². The van der Waals surface area contributed by atoms with E-state index < -0.39 is 11.6 Å². The van der Waals surface area contributed by atoms with Gasteiger partial charge in [-0.15, -0.1) is 12.4 Å². The number of hydrogen-bond acceptors (Lipinski definition) is 6. The summed E-state index contributed by atoms with van der Waals surface area (Å²) in [7, 11) is 0. The molecule has 3 aromatic rings. The van der Waals surface area contributed by atoms with Crippen LogP contribution in [-0.2, 0) is 10.3 Å². The number of esters is 1. The molecule has 3 aromatic carbocycles. The summed E-state index contributed by atoms with van der Waals surface area (Å²) in [5.74, 6) is 0.176. The van der Waals surface area contributed by atoms with Gasteiger partial charge in [0.25, 0.3) is 0 Å². The van der Waals surface area contributed by atoms with E-state index in [0.29, 0.717) is 39.4 Å².